The van der Waals surface area contributed by atoms with Crippen molar-refractivity contribution in [1.82, 2.24) is 9.88 Å². The van der Waals surface area contributed by atoms with Crippen LogP contribution in [-0.2, 0) is 0 Å². The van der Waals surface area contributed by atoms with Crippen LogP contribution < -0.4 is 4.74 Å². The van der Waals surface area contributed by atoms with E-state index in [-0.39, 0.29) is 18.2 Å². The zero-order chi connectivity index (χ0) is 18.3. The van der Waals surface area contributed by atoms with Crippen molar-refractivity contribution in [2.24, 2.45) is 4.99 Å². The van der Waals surface area contributed by atoms with Crippen molar-refractivity contribution in [1.29, 1.82) is 0 Å². The lowest BCUT2D eigenvalue weighted by molar-refractivity contribution is 0.242. The standard InChI is InChI=1S/C20H22ClN3OS/c1-12(2)25-17-8-7-14(10-15(17)21)19-18(16-6-4-5-9-22-16)23-20-24(19)11-13(3)26-20/h4-10,12-13,18-19H,11H2,1-3H3. The quantitative estimate of drug-likeness (QED) is 0.730. The number of hydrogen-bond acceptors (Lipinski definition) is 5. The highest BCUT2D eigenvalue weighted by Crippen LogP contribution is 2.48. The van der Waals surface area contributed by atoms with Crippen molar-refractivity contribution in [3.05, 3.63) is 58.9 Å². The molecule has 0 spiro atoms. The van der Waals surface area contributed by atoms with Crippen LogP contribution in [-0.4, -0.2) is 33.0 Å². The zero-order valence-corrected chi connectivity index (χ0v) is 16.7. The van der Waals surface area contributed by atoms with Crippen LogP contribution in [0.2, 0.25) is 5.02 Å². The smallest absolute Gasteiger partial charge is 0.160 e. The maximum absolute atomic E-state index is 6.52. The summed E-state index contributed by atoms with van der Waals surface area (Å²) in [6.07, 6.45) is 1.93. The van der Waals surface area contributed by atoms with Gasteiger partial charge in [0.25, 0.3) is 0 Å². The molecule has 2 aliphatic heterocycles. The SMILES string of the molecule is CC(C)Oc1ccc(C2C(c3ccccn3)N=C3SC(C)CN32)cc1Cl. The normalized spacial score (nSPS) is 24.7. The van der Waals surface area contributed by atoms with Gasteiger partial charge in [-0.15, -0.1) is 0 Å². The summed E-state index contributed by atoms with van der Waals surface area (Å²) in [5, 5.41) is 2.29. The Morgan fingerprint density at radius 3 is 2.81 bits per heavy atom. The summed E-state index contributed by atoms with van der Waals surface area (Å²) in [7, 11) is 0. The molecule has 1 fully saturated rings. The van der Waals surface area contributed by atoms with Crippen molar-refractivity contribution in [2.45, 2.75) is 44.2 Å². The summed E-state index contributed by atoms with van der Waals surface area (Å²) in [4.78, 5) is 12.0. The molecule has 3 unspecified atom stereocenters. The largest absolute Gasteiger partial charge is 0.489 e. The molecule has 6 heteroatoms. The van der Waals surface area contributed by atoms with Gasteiger partial charge in [0.15, 0.2) is 5.17 Å². The van der Waals surface area contributed by atoms with Gasteiger partial charge in [-0.1, -0.05) is 42.4 Å². The van der Waals surface area contributed by atoms with E-state index < -0.39 is 0 Å². The molecule has 0 radical (unpaired) electrons. The van der Waals surface area contributed by atoms with Gasteiger partial charge in [0, 0.05) is 18.0 Å². The Kier molecular flexibility index (Phi) is 4.84. The van der Waals surface area contributed by atoms with Gasteiger partial charge in [-0.3, -0.25) is 9.98 Å². The number of benzene rings is 1. The van der Waals surface area contributed by atoms with Gasteiger partial charge in [0.1, 0.15) is 11.8 Å². The highest BCUT2D eigenvalue weighted by molar-refractivity contribution is 8.14. The van der Waals surface area contributed by atoms with E-state index >= 15 is 0 Å². The number of fused-ring (bicyclic) bond motifs is 1. The second-order valence-electron chi connectivity index (χ2n) is 6.99. The lowest BCUT2D eigenvalue weighted by atomic mass is 9.96. The summed E-state index contributed by atoms with van der Waals surface area (Å²) in [5.74, 6) is 0.725. The number of rotatable bonds is 4. The highest BCUT2D eigenvalue weighted by atomic mass is 35.5. The average Bonchev–Trinajstić information content (AvgIpc) is 3.13. The first kappa shape index (κ1) is 17.7. The Morgan fingerprint density at radius 2 is 2.12 bits per heavy atom. The molecule has 1 saturated heterocycles. The first-order chi connectivity index (χ1) is 12.5. The van der Waals surface area contributed by atoms with Gasteiger partial charge < -0.3 is 9.64 Å². The molecule has 0 aliphatic carbocycles. The van der Waals surface area contributed by atoms with Gasteiger partial charge >= 0.3 is 0 Å². The zero-order valence-electron chi connectivity index (χ0n) is 15.1. The molecular weight excluding hydrogens is 366 g/mol. The van der Waals surface area contributed by atoms with Crippen LogP contribution >= 0.6 is 23.4 Å². The van der Waals surface area contributed by atoms with Crippen LogP contribution in [0.5, 0.6) is 5.75 Å². The maximum Gasteiger partial charge on any atom is 0.160 e. The molecular formula is C20H22ClN3OS. The van der Waals surface area contributed by atoms with Crippen LogP contribution in [0.3, 0.4) is 0 Å². The number of aliphatic imine (C=N–C) groups is 1. The van der Waals surface area contributed by atoms with E-state index in [2.05, 4.69) is 28.9 Å². The Labute approximate surface area is 163 Å². The van der Waals surface area contributed by atoms with Gasteiger partial charge in [0.2, 0.25) is 0 Å². The molecule has 0 N–H and O–H groups in total. The predicted molar refractivity (Wildman–Crippen MR) is 108 cm³/mol. The van der Waals surface area contributed by atoms with E-state index in [9.17, 15) is 0 Å². The minimum Gasteiger partial charge on any atom is -0.489 e. The molecule has 0 bridgehead atoms. The molecule has 2 aromatic rings. The van der Waals surface area contributed by atoms with Crippen LogP contribution in [0.4, 0.5) is 0 Å². The van der Waals surface area contributed by atoms with E-state index in [1.807, 2.05) is 56.1 Å². The van der Waals surface area contributed by atoms with Crippen molar-refractivity contribution >= 4 is 28.5 Å². The second kappa shape index (κ2) is 7.12. The van der Waals surface area contributed by atoms with Gasteiger partial charge in [-0.05, 0) is 43.7 Å². The van der Waals surface area contributed by atoms with E-state index in [4.69, 9.17) is 21.3 Å². The fourth-order valence-electron chi connectivity index (χ4n) is 3.53. The highest BCUT2D eigenvalue weighted by Gasteiger charge is 2.43. The molecule has 3 heterocycles. The van der Waals surface area contributed by atoms with E-state index in [0.29, 0.717) is 10.3 Å². The summed E-state index contributed by atoms with van der Waals surface area (Å²) >= 11 is 8.35. The third-order valence-electron chi connectivity index (χ3n) is 4.54. The lowest BCUT2D eigenvalue weighted by Crippen LogP contribution is -2.28. The summed E-state index contributed by atoms with van der Waals surface area (Å²) in [5.41, 5.74) is 2.14. The molecule has 136 valence electrons. The number of hydrogen-bond donors (Lipinski definition) is 0. The number of thioether (sulfide) groups is 1. The molecule has 1 aromatic heterocycles. The number of amidine groups is 1. The first-order valence-corrected chi connectivity index (χ1v) is 10.2. The van der Waals surface area contributed by atoms with Gasteiger partial charge in [-0.2, -0.15) is 0 Å². The van der Waals surface area contributed by atoms with Crippen LogP contribution in [0.15, 0.2) is 47.6 Å². The summed E-state index contributed by atoms with van der Waals surface area (Å²) < 4.78 is 5.79. The summed E-state index contributed by atoms with van der Waals surface area (Å²) in [6, 6.07) is 12.2. The van der Waals surface area contributed by atoms with Gasteiger partial charge in [0.05, 0.1) is 22.9 Å². The minimum atomic E-state index is -0.0147. The summed E-state index contributed by atoms with van der Waals surface area (Å²) in [6.45, 7) is 7.23. The Bertz CT molecular complexity index is 827. The first-order valence-electron chi connectivity index (χ1n) is 8.91. The fraction of sp³-hybridized carbons (Fsp3) is 0.400. The van der Waals surface area contributed by atoms with E-state index in [0.717, 1.165) is 28.7 Å². The molecule has 0 amide bonds. The van der Waals surface area contributed by atoms with Crippen LogP contribution in [0, 0.1) is 0 Å². The van der Waals surface area contributed by atoms with Crippen LogP contribution in [0.1, 0.15) is 44.1 Å². The van der Waals surface area contributed by atoms with Crippen molar-refractivity contribution in [3.8, 4) is 5.75 Å². The lowest BCUT2D eigenvalue weighted by Gasteiger charge is -2.27. The van der Waals surface area contributed by atoms with Crippen molar-refractivity contribution in [3.63, 3.8) is 0 Å². The maximum atomic E-state index is 6.52. The molecule has 2 aliphatic rings. The Hall–Kier alpha value is -1.72. The molecule has 1 aromatic carbocycles. The fourth-order valence-corrected chi connectivity index (χ4v) is 4.86. The van der Waals surface area contributed by atoms with E-state index in [1.54, 1.807) is 0 Å². The average molecular weight is 388 g/mol. The third-order valence-corrected chi connectivity index (χ3v) is 5.94. The monoisotopic (exact) mass is 387 g/mol. The Morgan fingerprint density at radius 1 is 1.27 bits per heavy atom. The van der Waals surface area contributed by atoms with E-state index in [1.165, 1.54) is 0 Å². The minimum absolute atomic E-state index is 0.0147. The van der Waals surface area contributed by atoms with Crippen molar-refractivity contribution < 1.29 is 4.74 Å². The second-order valence-corrected chi connectivity index (χ2v) is 8.81. The molecule has 4 rings (SSSR count). The molecule has 26 heavy (non-hydrogen) atoms. The Balaban J connectivity index is 1.71. The number of aromatic nitrogens is 1. The molecule has 4 nitrogen and oxygen atoms in total. The number of halogens is 1. The van der Waals surface area contributed by atoms with Gasteiger partial charge in [-0.25, -0.2) is 0 Å². The number of ether oxygens (including phenoxy) is 1. The molecule has 3 atom stereocenters. The van der Waals surface area contributed by atoms with Crippen molar-refractivity contribution in [2.75, 3.05) is 6.54 Å². The predicted octanol–water partition coefficient (Wildman–Crippen LogP) is 5.11. The number of pyridine rings is 1. The number of nitrogens with zero attached hydrogens (tertiary/aromatic N) is 3. The molecule has 0 saturated carbocycles. The topological polar surface area (TPSA) is 37.7 Å². The van der Waals surface area contributed by atoms with Crippen LogP contribution in [0.25, 0.3) is 0 Å². The third kappa shape index (κ3) is 3.30.